The summed E-state index contributed by atoms with van der Waals surface area (Å²) in [5.74, 6) is 1.20. The minimum absolute atomic E-state index is 0.140. The van der Waals surface area contributed by atoms with Gasteiger partial charge in [-0.3, -0.25) is 14.5 Å². The first-order chi connectivity index (χ1) is 23.5. The van der Waals surface area contributed by atoms with Crippen LogP contribution in [0.2, 0.25) is 0 Å². The number of phenols is 2. The topological polar surface area (TPSA) is 82.6 Å². The predicted octanol–water partition coefficient (Wildman–Crippen LogP) is 8.64. The minimum atomic E-state index is 0.140. The fourth-order valence-electron chi connectivity index (χ4n) is 11.8. The standard InChI is InChI=1S/C42H58N6O2/c1-10-27-15-30(37(50)31(36(27)49)20-46-23-41(7)18-28(46)16-39(3,4)21-41)35-34(38-43-32-13-11-12-14-33(32)45(38)9)26(2)48(44-35)25-47-24-42(8)19-29(47)17-40(5,6)22-42/h11-15,28-29,49-50H,10,16-25H2,1-9H3/t28-,29-,41+,42+/m1/s1. The van der Waals surface area contributed by atoms with E-state index in [1.807, 2.05) is 12.1 Å². The molecule has 4 aliphatic rings. The third-order valence-electron chi connectivity index (χ3n) is 13.0. The summed E-state index contributed by atoms with van der Waals surface area (Å²) in [6.45, 7) is 22.0. The van der Waals surface area contributed by atoms with Gasteiger partial charge in [-0.1, -0.05) is 60.6 Å². The Morgan fingerprint density at radius 2 is 1.46 bits per heavy atom. The number of hydrogen-bond acceptors (Lipinski definition) is 6. The largest absolute Gasteiger partial charge is 0.507 e. The van der Waals surface area contributed by atoms with E-state index in [4.69, 9.17) is 10.1 Å². The molecule has 4 aromatic rings. The number of rotatable bonds is 7. The lowest BCUT2D eigenvalue weighted by Gasteiger charge is -2.40. The van der Waals surface area contributed by atoms with E-state index in [2.05, 4.69) is 99.7 Å². The monoisotopic (exact) mass is 678 g/mol. The molecule has 0 unspecified atom stereocenters. The number of fused-ring (bicyclic) bond motifs is 5. The number of imidazole rings is 1. The second kappa shape index (κ2) is 11.3. The first-order valence-corrected chi connectivity index (χ1v) is 19.0. The molecule has 0 radical (unpaired) electrons. The zero-order chi connectivity index (χ0) is 35.5. The molecule has 8 rings (SSSR count). The third-order valence-corrected chi connectivity index (χ3v) is 13.0. The SMILES string of the molecule is CCc1cc(-c2nn(CN3C[C@@]4(C)C[C@H]3CC(C)(C)C4)c(C)c2-c2nc3ccccc3n2C)c(O)c(CN2C[C@@]3(C)C[C@H]2CC(C)(C)C3)c1O. The van der Waals surface area contributed by atoms with Gasteiger partial charge in [0.2, 0.25) is 0 Å². The van der Waals surface area contributed by atoms with Gasteiger partial charge in [-0.2, -0.15) is 5.10 Å². The molecular formula is C42H58N6O2. The number of hydrogen-bond donors (Lipinski definition) is 2. The quantitative estimate of drug-likeness (QED) is 0.204. The highest BCUT2D eigenvalue weighted by molar-refractivity contribution is 5.88. The van der Waals surface area contributed by atoms with Crippen molar-refractivity contribution in [1.29, 1.82) is 0 Å². The normalized spacial score (nSPS) is 29.0. The second-order valence-corrected chi connectivity index (χ2v) is 19.1. The molecule has 8 heteroatoms. The molecule has 2 aliphatic heterocycles. The summed E-state index contributed by atoms with van der Waals surface area (Å²) < 4.78 is 4.32. The maximum absolute atomic E-state index is 12.3. The Bertz CT molecular complexity index is 1990. The van der Waals surface area contributed by atoms with E-state index in [0.717, 1.165) is 58.9 Å². The van der Waals surface area contributed by atoms with Crippen LogP contribution in [0.4, 0.5) is 0 Å². The van der Waals surface area contributed by atoms with E-state index >= 15 is 0 Å². The van der Waals surface area contributed by atoms with Crippen LogP contribution in [0.25, 0.3) is 33.7 Å². The zero-order valence-electron chi connectivity index (χ0n) is 31.9. The van der Waals surface area contributed by atoms with Gasteiger partial charge in [-0.05, 0) is 97.3 Å². The van der Waals surface area contributed by atoms with Gasteiger partial charge in [0.15, 0.2) is 0 Å². The number of likely N-dealkylation sites (tertiary alicyclic amines) is 2. The lowest BCUT2D eigenvalue weighted by molar-refractivity contribution is 0.119. The van der Waals surface area contributed by atoms with E-state index in [9.17, 15) is 10.2 Å². The van der Waals surface area contributed by atoms with Crippen molar-refractivity contribution in [3.8, 4) is 34.1 Å². The molecule has 50 heavy (non-hydrogen) atoms. The summed E-state index contributed by atoms with van der Waals surface area (Å²) in [6, 6.07) is 11.2. The number of aromatic hydroxyl groups is 2. The van der Waals surface area contributed by atoms with Crippen LogP contribution in [-0.4, -0.2) is 64.5 Å². The van der Waals surface area contributed by atoms with Crippen LogP contribution in [0, 0.1) is 28.6 Å². The van der Waals surface area contributed by atoms with Gasteiger partial charge in [0.25, 0.3) is 0 Å². The molecule has 4 atom stereocenters. The smallest absolute Gasteiger partial charge is 0.144 e. The summed E-state index contributed by atoms with van der Waals surface area (Å²) >= 11 is 0. The van der Waals surface area contributed by atoms with Gasteiger partial charge in [-0.15, -0.1) is 0 Å². The van der Waals surface area contributed by atoms with Crippen molar-refractivity contribution in [3.05, 3.63) is 47.2 Å². The summed E-state index contributed by atoms with van der Waals surface area (Å²) in [5, 5.41) is 29.4. The second-order valence-electron chi connectivity index (χ2n) is 19.1. The Balaban J connectivity index is 1.25. The summed E-state index contributed by atoms with van der Waals surface area (Å²) in [4.78, 5) is 10.3. The van der Waals surface area contributed by atoms with Crippen molar-refractivity contribution < 1.29 is 10.2 Å². The van der Waals surface area contributed by atoms with E-state index in [0.29, 0.717) is 59.1 Å². The Labute approximate surface area is 298 Å². The van der Waals surface area contributed by atoms with Crippen LogP contribution >= 0.6 is 0 Å². The van der Waals surface area contributed by atoms with Gasteiger partial charge >= 0.3 is 0 Å². The van der Waals surface area contributed by atoms with Crippen molar-refractivity contribution >= 4 is 11.0 Å². The molecule has 4 fully saturated rings. The van der Waals surface area contributed by atoms with Crippen molar-refractivity contribution in [3.63, 3.8) is 0 Å². The van der Waals surface area contributed by atoms with Crippen LogP contribution in [-0.2, 0) is 26.7 Å². The molecule has 268 valence electrons. The Hall–Kier alpha value is -3.36. The molecule has 2 saturated carbocycles. The molecule has 4 heterocycles. The number of aryl methyl sites for hydroxylation is 2. The molecule has 2 aliphatic carbocycles. The minimum Gasteiger partial charge on any atom is -0.507 e. The van der Waals surface area contributed by atoms with Gasteiger partial charge in [-0.25, -0.2) is 4.98 Å². The van der Waals surface area contributed by atoms with Gasteiger partial charge in [0.05, 0.1) is 28.8 Å². The lowest BCUT2D eigenvalue weighted by Crippen LogP contribution is -2.35. The van der Waals surface area contributed by atoms with Crippen molar-refractivity contribution in [2.75, 3.05) is 13.1 Å². The molecule has 4 bridgehead atoms. The van der Waals surface area contributed by atoms with Crippen molar-refractivity contribution in [2.45, 2.75) is 126 Å². The van der Waals surface area contributed by atoms with Crippen LogP contribution < -0.4 is 0 Å². The summed E-state index contributed by atoms with van der Waals surface area (Å²) in [6.07, 6.45) is 7.86. The summed E-state index contributed by atoms with van der Waals surface area (Å²) in [5.41, 5.74) is 8.06. The van der Waals surface area contributed by atoms with Gasteiger partial charge < -0.3 is 14.8 Å². The number of aromatic nitrogens is 4. The zero-order valence-corrected chi connectivity index (χ0v) is 31.9. The van der Waals surface area contributed by atoms with Crippen LogP contribution in [0.3, 0.4) is 0 Å². The lowest BCUT2D eigenvalue weighted by atomic mass is 9.65. The Kier molecular flexibility index (Phi) is 7.64. The molecule has 0 amide bonds. The van der Waals surface area contributed by atoms with E-state index in [-0.39, 0.29) is 16.9 Å². The number of phenolic OH excluding ortho intramolecular Hbond substituents is 2. The van der Waals surface area contributed by atoms with E-state index < -0.39 is 0 Å². The first-order valence-electron chi connectivity index (χ1n) is 19.0. The Morgan fingerprint density at radius 3 is 2.10 bits per heavy atom. The van der Waals surface area contributed by atoms with E-state index in [1.165, 1.54) is 32.1 Å². The van der Waals surface area contributed by atoms with Crippen LogP contribution in [0.15, 0.2) is 30.3 Å². The average Bonchev–Trinajstić information content (AvgIpc) is 3.67. The molecule has 2 N–H and O–H groups in total. The van der Waals surface area contributed by atoms with Crippen LogP contribution in [0.1, 0.15) is 104 Å². The van der Waals surface area contributed by atoms with Crippen LogP contribution in [0.5, 0.6) is 11.5 Å². The molecule has 2 aromatic heterocycles. The van der Waals surface area contributed by atoms with Crippen molar-refractivity contribution in [2.24, 2.45) is 28.7 Å². The fourth-order valence-corrected chi connectivity index (χ4v) is 11.8. The predicted molar refractivity (Wildman–Crippen MR) is 201 cm³/mol. The van der Waals surface area contributed by atoms with Crippen molar-refractivity contribution in [1.82, 2.24) is 29.1 Å². The highest BCUT2D eigenvalue weighted by atomic mass is 16.3. The fraction of sp³-hybridized carbons (Fsp3) is 0.619. The third kappa shape index (κ3) is 5.56. The molecule has 8 nitrogen and oxygen atoms in total. The number of nitrogens with zero attached hydrogens (tertiary/aromatic N) is 6. The first kappa shape index (κ1) is 33.8. The molecule has 2 saturated heterocycles. The molecular weight excluding hydrogens is 621 g/mol. The molecule has 0 spiro atoms. The molecule has 2 aromatic carbocycles. The number of para-hydroxylation sites is 2. The van der Waals surface area contributed by atoms with Gasteiger partial charge in [0, 0.05) is 50.0 Å². The average molecular weight is 679 g/mol. The Morgan fingerprint density at radius 1 is 0.840 bits per heavy atom. The maximum Gasteiger partial charge on any atom is 0.144 e. The van der Waals surface area contributed by atoms with Gasteiger partial charge in [0.1, 0.15) is 23.0 Å². The van der Waals surface area contributed by atoms with E-state index in [1.54, 1.807) is 0 Å². The maximum atomic E-state index is 12.3. The highest BCUT2D eigenvalue weighted by Gasteiger charge is 2.51. The summed E-state index contributed by atoms with van der Waals surface area (Å²) in [7, 11) is 2.07. The number of benzene rings is 2. The highest BCUT2D eigenvalue weighted by Crippen LogP contribution is 2.55.